The van der Waals surface area contributed by atoms with Crippen molar-refractivity contribution in [2.75, 3.05) is 57.9 Å². The Morgan fingerprint density at radius 1 is 1.33 bits per heavy atom. The molecule has 1 N–H and O–H groups in total. The zero-order valence-electron chi connectivity index (χ0n) is 12.8. The van der Waals surface area contributed by atoms with E-state index in [2.05, 4.69) is 14.8 Å². The number of anilines is 1. The van der Waals surface area contributed by atoms with Gasteiger partial charge in [-0.2, -0.15) is 0 Å². The lowest BCUT2D eigenvalue weighted by atomic mass is 10.2. The Bertz CT molecular complexity index is 383. The lowest BCUT2D eigenvalue weighted by molar-refractivity contribution is -0.0399. The highest BCUT2D eigenvalue weighted by Crippen LogP contribution is 2.18. The Kier molecular flexibility index (Phi) is 6.85. The average molecular weight is 315 g/mol. The Morgan fingerprint density at radius 3 is 2.71 bits per heavy atom. The number of aliphatic hydroxyl groups excluding tert-OH is 1. The summed E-state index contributed by atoms with van der Waals surface area (Å²) in [6.07, 6.45) is 1.41. The molecular weight excluding hydrogens is 290 g/mol. The van der Waals surface area contributed by atoms with Crippen LogP contribution in [-0.2, 0) is 9.47 Å². The van der Waals surface area contributed by atoms with Crippen LogP contribution in [0.3, 0.4) is 0 Å². The number of thiazole rings is 1. The van der Waals surface area contributed by atoms with Crippen molar-refractivity contribution < 1.29 is 14.6 Å². The number of nitrogens with zero attached hydrogens (tertiary/aromatic N) is 3. The van der Waals surface area contributed by atoms with E-state index in [1.54, 1.807) is 18.4 Å². The fourth-order valence-corrected chi connectivity index (χ4v) is 3.10. The van der Waals surface area contributed by atoms with E-state index in [-0.39, 0.29) is 6.10 Å². The van der Waals surface area contributed by atoms with Crippen LogP contribution in [0, 0.1) is 0 Å². The monoisotopic (exact) mass is 315 g/mol. The van der Waals surface area contributed by atoms with Gasteiger partial charge in [-0.3, -0.25) is 4.90 Å². The Balaban J connectivity index is 1.64. The fraction of sp³-hybridized carbons (Fsp3) is 0.786. The molecule has 0 bridgehead atoms. The summed E-state index contributed by atoms with van der Waals surface area (Å²) in [5.74, 6) is 0. The topological polar surface area (TPSA) is 58.1 Å². The summed E-state index contributed by atoms with van der Waals surface area (Å²) < 4.78 is 10.6. The van der Waals surface area contributed by atoms with Crippen molar-refractivity contribution in [1.29, 1.82) is 0 Å². The molecule has 2 atom stereocenters. The minimum Gasteiger partial charge on any atom is -0.389 e. The van der Waals surface area contributed by atoms with Crippen LogP contribution in [0.1, 0.15) is 6.92 Å². The van der Waals surface area contributed by atoms with Gasteiger partial charge in [0.2, 0.25) is 0 Å². The molecule has 0 aromatic carbocycles. The molecule has 0 saturated carbocycles. The van der Waals surface area contributed by atoms with Crippen molar-refractivity contribution in [1.82, 2.24) is 9.88 Å². The van der Waals surface area contributed by atoms with Crippen LogP contribution in [0.4, 0.5) is 5.13 Å². The smallest absolute Gasteiger partial charge is 0.185 e. The Morgan fingerprint density at radius 2 is 2.10 bits per heavy atom. The molecule has 1 aromatic heterocycles. The van der Waals surface area contributed by atoms with Gasteiger partial charge in [-0.05, 0) is 6.92 Å². The van der Waals surface area contributed by atoms with Crippen molar-refractivity contribution in [3.05, 3.63) is 11.6 Å². The van der Waals surface area contributed by atoms with Gasteiger partial charge in [0.25, 0.3) is 0 Å². The van der Waals surface area contributed by atoms with Crippen molar-refractivity contribution in [2.45, 2.75) is 19.1 Å². The molecule has 120 valence electrons. The maximum absolute atomic E-state index is 10.0. The number of hydrogen-bond donors (Lipinski definition) is 1. The minimum absolute atomic E-state index is 0.0198. The second kappa shape index (κ2) is 8.65. The van der Waals surface area contributed by atoms with E-state index < -0.39 is 6.10 Å². The van der Waals surface area contributed by atoms with Gasteiger partial charge in [-0.1, -0.05) is 0 Å². The Hall–Kier alpha value is -0.730. The van der Waals surface area contributed by atoms with Gasteiger partial charge in [0.05, 0.1) is 25.4 Å². The van der Waals surface area contributed by atoms with Gasteiger partial charge < -0.3 is 19.5 Å². The van der Waals surface area contributed by atoms with E-state index in [1.807, 2.05) is 18.5 Å². The van der Waals surface area contributed by atoms with E-state index in [9.17, 15) is 5.11 Å². The third kappa shape index (κ3) is 5.52. The summed E-state index contributed by atoms with van der Waals surface area (Å²) in [6.45, 7) is 7.34. The third-order valence-corrected chi connectivity index (χ3v) is 4.34. The van der Waals surface area contributed by atoms with Crippen LogP contribution in [0.15, 0.2) is 11.6 Å². The third-order valence-electron chi connectivity index (χ3n) is 3.51. The van der Waals surface area contributed by atoms with E-state index in [1.165, 1.54) is 0 Å². The average Bonchev–Trinajstić information content (AvgIpc) is 3.00. The highest BCUT2D eigenvalue weighted by atomic mass is 32.1. The van der Waals surface area contributed by atoms with Crippen LogP contribution in [0.5, 0.6) is 0 Å². The first-order chi connectivity index (χ1) is 10.2. The van der Waals surface area contributed by atoms with Gasteiger partial charge in [0, 0.05) is 51.4 Å². The SMILES string of the molecule is COCC(C)OCC(O)CN1CCN(c2nccs2)CC1. The van der Waals surface area contributed by atoms with Gasteiger partial charge in [0.1, 0.15) is 0 Å². The predicted molar refractivity (Wildman–Crippen MR) is 84.1 cm³/mol. The summed E-state index contributed by atoms with van der Waals surface area (Å²) in [5, 5.41) is 13.1. The number of piperazine rings is 1. The molecule has 1 saturated heterocycles. The maximum atomic E-state index is 10.0. The molecule has 0 amide bonds. The number of hydrogen-bond acceptors (Lipinski definition) is 7. The summed E-state index contributed by atoms with van der Waals surface area (Å²) in [4.78, 5) is 8.91. The Labute approximate surface area is 130 Å². The first-order valence-electron chi connectivity index (χ1n) is 7.34. The van der Waals surface area contributed by atoms with Crippen LogP contribution >= 0.6 is 11.3 Å². The van der Waals surface area contributed by atoms with Crippen LogP contribution in [0.25, 0.3) is 0 Å². The lowest BCUT2D eigenvalue weighted by Gasteiger charge is -2.35. The van der Waals surface area contributed by atoms with Gasteiger partial charge in [-0.25, -0.2) is 4.98 Å². The van der Waals surface area contributed by atoms with Gasteiger partial charge in [-0.15, -0.1) is 11.3 Å². The second-order valence-corrected chi connectivity index (χ2v) is 6.23. The van der Waals surface area contributed by atoms with E-state index in [0.29, 0.717) is 19.8 Å². The first-order valence-corrected chi connectivity index (χ1v) is 8.22. The fourth-order valence-electron chi connectivity index (χ4n) is 2.40. The number of β-amino-alcohol motifs (C(OH)–C–C–N with tert-alkyl or cyclic N) is 1. The standard InChI is InChI=1S/C14H25N3O3S/c1-12(10-19-2)20-11-13(18)9-16-4-6-17(7-5-16)14-15-3-8-21-14/h3,8,12-13,18H,4-7,9-11H2,1-2H3. The molecule has 1 aliphatic heterocycles. The van der Waals surface area contributed by atoms with Crippen LogP contribution in [-0.4, -0.2) is 80.2 Å². The van der Waals surface area contributed by atoms with Crippen LogP contribution < -0.4 is 4.90 Å². The molecule has 2 rings (SSSR count). The molecule has 1 aliphatic rings. The van der Waals surface area contributed by atoms with Crippen molar-refractivity contribution in [3.63, 3.8) is 0 Å². The molecule has 2 unspecified atom stereocenters. The second-order valence-electron chi connectivity index (χ2n) is 5.36. The lowest BCUT2D eigenvalue weighted by Crippen LogP contribution is -2.49. The first kappa shape index (κ1) is 16.6. The molecule has 1 fully saturated rings. The van der Waals surface area contributed by atoms with Crippen LogP contribution in [0.2, 0.25) is 0 Å². The molecule has 0 aliphatic carbocycles. The largest absolute Gasteiger partial charge is 0.389 e. The number of aliphatic hydroxyl groups is 1. The van der Waals surface area contributed by atoms with Crippen molar-refractivity contribution in [3.8, 4) is 0 Å². The summed E-state index contributed by atoms with van der Waals surface area (Å²) in [7, 11) is 1.65. The van der Waals surface area contributed by atoms with Gasteiger partial charge >= 0.3 is 0 Å². The summed E-state index contributed by atoms with van der Waals surface area (Å²) >= 11 is 1.68. The van der Waals surface area contributed by atoms with E-state index >= 15 is 0 Å². The zero-order chi connectivity index (χ0) is 15.1. The van der Waals surface area contributed by atoms with E-state index in [4.69, 9.17) is 9.47 Å². The van der Waals surface area contributed by atoms with E-state index in [0.717, 1.165) is 31.3 Å². The van der Waals surface area contributed by atoms with Crippen molar-refractivity contribution >= 4 is 16.5 Å². The number of methoxy groups -OCH3 is 1. The van der Waals surface area contributed by atoms with Crippen molar-refractivity contribution in [2.24, 2.45) is 0 Å². The molecule has 0 radical (unpaired) electrons. The quantitative estimate of drug-likeness (QED) is 0.761. The number of ether oxygens (including phenoxy) is 2. The molecular formula is C14H25N3O3S. The zero-order valence-corrected chi connectivity index (χ0v) is 13.6. The molecule has 7 heteroatoms. The highest BCUT2D eigenvalue weighted by Gasteiger charge is 2.20. The molecule has 21 heavy (non-hydrogen) atoms. The molecule has 1 aromatic rings. The van der Waals surface area contributed by atoms with Gasteiger partial charge in [0.15, 0.2) is 5.13 Å². The summed E-state index contributed by atoms with van der Waals surface area (Å²) in [6, 6.07) is 0. The maximum Gasteiger partial charge on any atom is 0.185 e. The number of rotatable bonds is 8. The predicted octanol–water partition coefficient (Wildman–Crippen LogP) is 0.678. The molecule has 0 spiro atoms. The normalized spacial score (nSPS) is 19.7. The molecule has 2 heterocycles. The summed E-state index contributed by atoms with van der Waals surface area (Å²) in [5.41, 5.74) is 0. The molecule has 6 nitrogen and oxygen atoms in total. The highest BCUT2D eigenvalue weighted by molar-refractivity contribution is 7.13. The number of aromatic nitrogens is 1. The minimum atomic E-state index is -0.448.